The number of carbonyl (C=O) groups is 3. The van der Waals surface area contributed by atoms with E-state index in [9.17, 15) is 14.4 Å². The van der Waals surface area contributed by atoms with Crippen molar-refractivity contribution in [2.24, 2.45) is 5.92 Å². The van der Waals surface area contributed by atoms with Crippen molar-refractivity contribution in [1.82, 2.24) is 15.5 Å². The molecular formula is C24H34N4O3. The fourth-order valence-corrected chi connectivity index (χ4v) is 5.14. The Morgan fingerprint density at radius 1 is 1.19 bits per heavy atom. The second kappa shape index (κ2) is 8.89. The number of likely N-dealkylation sites (tertiary alicyclic amines) is 1. The van der Waals surface area contributed by atoms with E-state index >= 15 is 0 Å². The Balaban J connectivity index is 1.40. The molecule has 7 nitrogen and oxygen atoms in total. The lowest BCUT2D eigenvalue weighted by atomic mass is 9.89. The second-order valence-electron chi connectivity index (χ2n) is 9.47. The summed E-state index contributed by atoms with van der Waals surface area (Å²) in [5, 5.41) is 9.65. The molecule has 3 amide bonds. The minimum absolute atomic E-state index is 0.0386. The molecule has 0 bridgehead atoms. The van der Waals surface area contributed by atoms with Crippen LogP contribution in [0.25, 0.3) is 0 Å². The summed E-state index contributed by atoms with van der Waals surface area (Å²) in [5.41, 5.74) is 1.84. The summed E-state index contributed by atoms with van der Waals surface area (Å²) in [6, 6.07) is 5.21. The minimum atomic E-state index is -0.666. The van der Waals surface area contributed by atoms with E-state index in [0.717, 1.165) is 11.3 Å². The van der Waals surface area contributed by atoms with Crippen molar-refractivity contribution >= 4 is 23.4 Å². The zero-order valence-electron chi connectivity index (χ0n) is 18.6. The molecule has 2 heterocycles. The van der Waals surface area contributed by atoms with E-state index in [0.29, 0.717) is 37.4 Å². The van der Waals surface area contributed by atoms with Crippen molar-refractivity contribution in [3.05, 3.63) is 29.3 Å². The van der Waals surface area contributed by atoms with Gasteiger partial charge in [-0.1, -0.05) is 25.3 Å². The summed E-state index contributed by atoms with van der Waals surface area (Å²) in [4.78, 5) is 40.0. The standard InChI is InChI=1S/C24H34N4O3/c1-16-8-9-19-20(14-16)26-24(27-23(19)31)11-10-21(29)28(13-12-24)17(2)22(30)25-15-18-6-4-3-5-7-18/h8-9,14,17-18,26H,3-7,10-13,15H2,1-2H3,(H,25,30)(H,27,31)/t17-,24-/m1/s1. The number of benzene rings is 1. The van der Waals surface area contributed by atoms with Gasteiger partial charge in [-0.3, -0.25) is 14.4 Å². The third-order valence-electron chi connectivity index (χ3n) is 7.15. The molecule has 3 N–H and O–H groups in total. The van der Waals surface area contributed by atoms with Crippen LogP contribution >= 0.6 is 0 Å². The summed E-state index contributed by atoms with van der Waals surface area (Å²) in [6.45, 7) is 4.92. The first-order valence-electron chi connectivity index (χ1n) is 11.7. The number of hydrogen-bond donors (Lipinski definition) is 3. The lowest BCUT2D eigenvalue weighted by molar-refractivity contribution is -0.139. The van der Waals surface area contributed by atoms with E-state index in [1.807, 2.05) is 25.1 Å². The van der Waals surface area contributed by atoms with Crippen LogP contribution in [0.1, 0.15) is 74.2 Å². The van der Waals surface area contributed by atoms with Crippen LogP contribution in [0.15, 0.2) is 18.2 Å². The number of rotatable bonds is 4. The first-order chi connectivity index (χ1) is 14.9. The summed E-state index contributed by atoms with van der Waals surface area (Å²) in [6.07, 6.45) is 7.46. The van der Waals surface area contributed by atoms with Gasteiger partial charge in [-0.25, -0.2) is 0 Å². The molecule has 2 aliphatic heterocycles. The maximum absolute atomic E-state index is 12.9. The van der Waals surface area contributed by atoms with Crippen molar-refractivity contribution in [1.29, 1.82) is 0 Å². The average Bonchev–Trinajstić information content (AvgIpc) is 2.91. The highest BCUT2D eigenvalue weighted by Crippen LogP contribution is 2.32. The van der Waals surface area contributed by atoms with Crippen LogP contribution in [-0.4, -0.2) is 47.4 Å². The Morgan fingerprint density at radius 3 is 2.74 bits per heavy atom. The van der Waals surface area contributed by atoms with Gasteiger partial charge >= 0.3 is 0 Å². The van der Waals surface area contributed by atoms with Gasteiger partial charge in [-0.15, -0.1) is 0 Å². The predicted octanol–water partition coefficient (Wildman–Crippen LogP) is 2.94. The summed E-state index contributed by atoms with van der Waals surface area (Å²) in [7, 11) is 0. The molecular weight excluding hydrogens is 392 g/mol. The smallest absolute Gasteiger partial charge is 0.255 e. The van der Waals surface area contributed by atoms with Gasteiger partial charge < -0.3 is 20.9 Å². The number of fused-ring (bicyclic) bond motifs is 1. The van der Waals surface area contributed by atoms with Crippen LogP contribution in [0.3, 0.4) is 0 Å². The highest BCUT2D eigenvalue weighted by Gasteiger charge is 2.41. The van der Waals surface area contributed by atoms with Gasteiger partial charge in [0.1, 0.15) is 11.7 Å². The molecule has 3 aliphatic rings. The second-order valence-corrected chi connectivity index (χ2v) is 9.47. The Kier molecular flexibility index (Phi) is 6.21. The van der Waals surface area contributed by atoms with Crippen LogP contribution in [0, 0.1) is 12.8 Å². The quantitative estimate of drug-likeness (QED) is 0.690. The van der Waals surface area contributed by atoms with Gasteiger partial charge in [0.2, 0.25) is 11.8 Å². The largest absolute Gasteiger partial charge is 0.362 e. The van der Waals surface area contributed by atoms with Gasteiger partial charge in [0.15, 0.2) is 0 Å². The van der Waals surface area contributed by atoms with Crippen LogP contribution in [0.4, 0.5) is 5.69 Å². The molecule has 2 atom stereocenters. The molecule has 1 saturated heterocycles. The van der Waals surface area contributed by atoms with Gasteiger partial charge in [-0.05, 0) is 56.7 Å². The van der Waals surface area contributed by atoms with E-state index in [1.165, 1.54) is 32.1 Å². The van der Waals surface area contributed by atoms with Crippen molar-refractivity contribution in [3.63, 3.8) is 0 Å². The van der Waals surface area contributed by atoms with E-state index < -0.39 is 11.7 Å². The predicted molar refractivity (Wildman–Crippen MR) is 120 cm³/mol. The Morgan fingerprint density at radius 2 is 1.97 bits per heavy atom. The average molecular weight is 427 g/mol. The Labute approximate surface area is 184 Å². The number of anilines is 1. The summed E-state index contributed by atoms with van der Waals surface area (Å²) in [5.74, 6) is 0.311. The summed E-state index contributed by atoms with van der Waals surface area (Å²) >= 11 is 0. The van der Waals surface area contributed by atoms with Crippen LogP contribution in [0.5, 0.6) is 0 Å². The van der Waals surface area contributed by atoms with Crippen LogP contribution in [-0.2, 0) is 9.59 Å². The van der Waals surface area contributed by atoms with E-state index in [2.05, 4.69) is 16.0 Å². The first-order valence-corrected chi connectivity index (χ1v) is 11.7. The highest BCUT2D eigenvalue weighted by atomic mass is 16.2. The molecule has 31 heavy (non-hydrogen) atoms. The van der Waals surface area contributed by atoms with Gasteiger partial charge in [0.05, 0.1) is 5.56 Å². The number of amides is 3. The molecule has 1 spiro atoms. The Bertz CT molecular complexity index is 864. The topological polar surface area (TPSA) is 90.5 Å². The normalized spacial score (nSPS) is 25.3. The van der Waals surface area contributed by atoms with Crippen molar-refractivity contribution < 1.29 is 14.4 Å². The first kappa shape index (κ1) is 21.7. The monoisotopic (exact) mass is 426 g/mol. The molecule has 1 aliphatic carbocycles. The maximum Gasteiger partial charge on any atom is 0.255 e. The highest BCUT2D eigenvalue weighted by molar-refractivity contribution is 6.02. The van der Waals surface area contributed by atoms with Crippen molar-refractivity contribution in [3.8, 4) is 0 Å². The zero-order chi connectivity index (χ0) is 22.0. The van der Waals surface area contributed by atoms with E-state index in [-0.39, 0.29) is 24.1 Å². The number of nitrogens with one attached hydrogen (secondary N) is 3. The molecule has 4 rings (SSSR count). The molecule has 0 aromatic heterocycles. The van der Waals surface area contributed by atoms with Crippen molar-refractivity contribution in [2.75, 3.05) is 18.4 Å². The molecule has 1 aromatic rings. The minimum Gasteiger partial charge on any atom is -0.362 e. The van der Waals surface area contributed by atoms with Gasteiger partial charge in [-0.2, -0.15) is 0 Å². The molecule has 168 valence electrons. The molecule has 2 fully saturated rings. The third-order valence-corrected chi connectivity index (χ3v) is 7.15. The van der Waals surface area contributed by atoms with E-state index in [1.54, 1.807) is 11.8 Å². The van der Waals surface area contributed by atoms with Gasteiger partial charge in [0.25, 0.3) is 5.91 Å². The maximum atomic E-state index is 12.9. The van der Waals surface area contributed by atoms with E-state index in [4.69, 9.17) is 0 Å². The van der Waals surface area contributed by atoms with Crippen LogP contribution < -0.4 is 16.0 Å². The number of aryl methyl sites for hydroxylation is 1. The zero-order valence-corrected chi connectivity index (χ0v) is 18.6. The van der Waals surface area contributed by atoms with Gasteiger partial charge in [0, 0.05) is 31.6 Å². The number of carbonyl (C=O) groups excluding carboxylic acids is 3. The fraction of sp³-hybridized carbons (Fsp3) is 0.625. The third kappa shape index (κ3) is 4.70. The molecule has 1 aromatic carbocycles. The summed E-state index contributed by atoms with van der Waals surface area (Å²) < 4.78 is 0. The van der Waals surface area contributed by atoms with Crippen LogP contribution in [0.2, 0.25) is 0 Å². The molecule has 0 unspecified atom stereocenters. The lowest BCUT2D eigenvalue weighted by Crippen LogP contribution is -2.58. The number of nitrogens with zero attached hydrogens (tertiary/aromatic N) is 1. The molecule has 7 heteroatoms. The SMILES string of the molecule is Cc1ccc2c(c1)N[C@]1(CCC(=O)N([C@H](C)C(=O)NCC3CCCCC3)CC1)NC2=O. The molecule has 0 radical (unpaired) electrons. The lowest BCUT2D eigenvalue weighted by Gasteiger charge is -2.40. The Hall–Kier alpha value is -2.57. The molecule has 1 saturated carbocycles. The number of hydrogen-bond acceptors (Lipinski definition) is 4. The fourth-order valence-electron chi connectivity index (χ4n) is 5.14. The van der Waals surface area contributed by atoms with Crippen molar-refractivity contribution in [2.45, 2.75) is 76.9 Å².